The molecule has 7 aliphatic rings. The van der Waals surface area contributed by atoms with Crippen molar-refractivity contribution in [1.29, 1.82) is 0 Å². The first-order valence-electron chi connectivity index (χ1n) is 15.7. The first-order valence-corrected chi connectivity index (χ1v) is 15.7. The Labute approximate surface area is 255 Å². The lowest BCUT2D eigenvalue weighted by Crippen LogP contribution is -2.67. The van der Waals surface area contributed by atoms with E-state index in [-0.39, 0.29) is 29.1 Å². The van der Waals surface area contributed by atoms with Crippen LogP contribution in [0.25, 0.3) is 0 Å². The van der Waals surface area contributed by atoms with Gasteiger partial charge < -0.3 is 26.2 Å². The highest BCUT2D eigenvalue weighted by Gasteiger charge is 2.68. The molecule has 7 aliphatic carbocycles. The quantitative estimate of drug-likeness (QED) is 0.316. The number of rotatable bonds is 5. The van der Waals surface area contributed by atoms with E-state index in [2.05, 4.69) is 0 Å². The van der Waals surface area contributed by atoms with Crippen LogP contribution in [0.3, 0.4) is 0 Å². The number of primary amides is 1. The molecule has 0 spiro atoms. The molecule has 4 saturated carbocycles. The SMILES string of the molecule is CC1c2cccc(O)c2C(=O)C2=C(O)C3(O)C(=O)C(C(N)=O)=C(O)C(N(C)C)C3C(CC(=O)C34CC5CC(CC(C5)C3)C4)C21. The van der Waals surface area contributed by atoms with Gasteiger partial charge in [0.25, 0.3) is 5.91 Å². The molecular weight excluding hydrogens is 564 g/mol. The molecule has 0 aromatic heterocycles. The van der Waals surface area contributed by atoms with E-state index in [0.29, 0.717) is 23.3 Å². The van der Waals surface area contributed by atoms with Crippen molar-refractivity contribution in [1.82, 2.24) is 4.90 Å². The second kappa shape index (κ2) is 9.50. The number of amides is 1. The first-order chi connectivity index (χ1) is 20.7. The molecule has 8 rings (SSSR count). The molecule has 10 heteroatoms. The fourth-order valence-electron chi connectivity index (χ4n) is 10.9. The molecule has 10 nitrogen and oxygen atoms in total. The highest BCUT2D eigenvalue weighted by Crippen LogP contribution is 2.63. The molecule has 6 N–H and O–H groups in total. The summed E-state index contributed by atoms with van der Waals surface area (Å²) < 4.78 is 0. The Hall–Kier alpha value is -3.50. The van der Waals surface area contributed by atoms with E-state index in [1.165, 1.54) is 11.0 Å². The molecule has 0 aliphatic heterocycles. The summed E-state index contributed by atoms with van der Waals surface area (Å²) in [4.78, 5) is 56.9. The molecule has 0 saturated heterocycles. The number of hydrogen-bond acceptors (Lipinski definition) is 9. The highest BCUT2D eigenvalue weighted by atomic mass is 16.3. The van der Waals surface area contributed by atoms with Crippen molar-refractivity contribution in [2.75, 3.05) is 14.1 Å². The third-order valence-electron chi connectivity index (χ3n) is 12.2. The Morgan fingerprint density at radius 3 is 2.14 bits per heavy atom. The van der Waals surface area contributed by atoms with E-state index in [1.54, 1.807) is 26.2 Å². The number of likely N-dealkylation sites (N-methyl/N-ethyl adjacent to an activating group) is 1. The maximum Gasteiger partial charge on any atom is 0.255 e. The van der Waals surface area contributed by atoms with Gasteiger partial charge in [0.15, 0.2) is 11.4 Å². The van der Waals surface area contributed by atoms with Gasteiger partial charge in [0, 0.05) is 29.2 Å². The van der Waals surface area contributed by atoms with Gasteiger partial charge in [-0.05, 0) is 93.8 Å². The van der Waals surface area contributed by atoms with Crippen molar-refractivity contribution in [3.8, 4) is 5.75 Å². The molecule has 6 unspecified atom stereocenters. The number of Topliss-reactive ketones (excluding diaryl/α,β-unsaturated/α-hetero) is 3. The number of carbonyl (C=O) groups is 4. The molecule has 0 radical (unpaired) electrons. The van der Waals surface area contributed by atoms with Gasteiger partial charge in [-0.2, -0.15) is 0 Å². The number of aromatic hydroxyl groups is 1. The van der Waals surface area contributed by atoms with Crippen LogP contribution in [-0.2, 0) is 14.4 Å². The lowest BCUT2D eigenvalue weighted by molar-refractivity contribution is -0.160. The maximum absolute atomic E-state index is 14.7. The zero-order valence-electron chi connectivity index (χ0n) is 25.2. The second-order valence-corrected chi connectivity index (χ2v) is 14.8. The summed E-state index contributed by atoms with van der Waals surface area (Å²) >= 11 is 0. The van der Waals surface area contributed by atoms with Crippen LogP contribution in [0.15, 0.2) is 40.9 Å². The predicted octanol–water partition coefficient (Wildman–Crippen LogP) is 3.08. The molecule has 1 amide bonds. The fraction of sp³-hybridized carbons (Fsp3) is 0.588. The zero-order chi connectivity index (χ0) is 31.6. The third-order valence-corrected chi connectivity index (χ3v) is 12.2. The Bertz CT molecular complexity index is 1550. The zero-order valence-corrected chi connectivity index (χ0v) is 25.2. The first kappa shape index (κ1) is 29.2. The summed E-state index contributed by atoms with van der Waals surface area (Å²) in [7, 11) is 3.21. The van der Waals surface area contributed by atoms with Crippen molar-refractivity contribution >= 4 is 23.3 Å². The smallest absolute Gasteiger partial charge is 0.255 e. The normalized spacial score (nSPS) is 40.7. The summed E-state index contributed by atoms with van der Waals surface area (Å²) in [6, 6.07) is 3.53. The van der Waals surface area contributed by atoms with Crippen LogP contribution in [0, 0.1) is 40.9 Å². The van der Waals surface area contributed by atoms with Gasteiger partial charge in [-0.25, -0.2) is 0 Å². The lowest BCUT2D eigenvalue weighted by atomic mass is 9.46. The minimum atomic E-state index is -2.82. The fourth-order valence-corrected chi connectivity index (χ4v) is 10.9. The van der Waals surface area contributed by atoms with Crippen molar-refractivity contribution in [2.24, 2.45) is 46.7 Å². The summed E-state index contributed by atoms with van der Waals surface area (Å²) in [6.45, 7) is 1.84. The molecule has 44 heavy (non-hydrogen) atoms. The van der Waals surface area contributed by atoms with Crippen LogP contribution in [0.2, 0.25) is 0 Å². The molecule has 234 valence electrons. The largest absolute Gasteiger partial charge is 0.510 e. The number of allylic oxidation sites excluding steroid dienone is 1. The number of hydrogen-bond donors (Lipinski definition) is 5. The summed E-state index contributed by atoms with van der Waals surface area (Å²) in [5, 5.41) is 46.4. The highest BCUT2D eigenvalue weighted by molar-refractivity contribution is 6.25. The van der Waals surface area contributed by atoms with E-state index in [0.717, 1.165) is 38.5 Å². The van der Waals surface area contributed by atoms with Crippen molar-refractivity contribution in [2.45, 2.75) is 69.4 Å². The van der Waals surface area contributed by atoms with E-state index in [9.17, 15) is 39.6 Å². The van der Waals surface area contributed by atoms with Crippen LogP contribution in [0.1, 0.15) is 73.7 Å². The Kier molecular flexibility index (Phi) is 6.31. The van der Waals surface area contributed by atoms with Crippen molar-refractivity contribution in [3.63, 3.8) is 0 Å². The number of fused-ring (bicyclic) bond motifs is 3. The number of aliphatic hydroxyl groups is 3. The number of ketones is 3. The van der Waals surface area contributed by atoms with Crippen LogP contribution >= 0.6 is 0 Å². The van der Waals surface area contributed by atoms with Crippen LogP contribution < -0.4 is 5.73 Å². The minimum Gasteiger partial charge on any atom is -0.510 e. The molecular formula is C34H40N2O8. The van der Waals surface area contributed by atoms with Crippen LogP contribution in [0.4, 0.5) is 0 Å². The van der Waals surface area contributed by atoms with Crippen LogP contribution in [-0.4, -0.2) is 74.3 Å². The summed E-state index contributed by atoms with van der Waals surface area (Å²) in [5.74, 6) is -7.15. The number of phenolic OH excluding ortho intramolecular Hbond substituents is 1. The third kappa shape index (κ3) is 3.67. The van der Waals surface area contributed by atoms with E-state index >= 15 is 0 Å². The van der Waals surface area contributed by atoms with Gasteiger partial charge in [0.2, 0.25) is 5.78 Å². The lowest BCUT2D eigenvalue weighted by Gasteiger charge is -2.58. The van der Waals surface area contributed by atoms with E-state index in [1.807, 2.05) is 6.92 Å². The number of nitrogens with two attached hydrogens (primary N) is 1. The monoisotopic (exact) mass is 604 g/mol. The van der Waals surface area contributed by atoms with E-state index in [4.69, 9.17) is 5.73 Å². The van der Waals surface area contributed by atoms with Gasteiger partial charge in [-0.3, -0.25) is 24.1 Å². The van der Waals surface area contributed by atoms with Gasteiger partial charge in [0.05, 0.1) is 11.6 Å². The van der Waals surface area contributed by atoms with Gasteiger partial charge in [0.1, 0.15) is 28.6 Å². The van der Waals surface area contributed by atoms with Crippen molar-refractivity contribution in [3.05, 3.63) is 52.0 Å². The molecule has 4 fully saturated rings. The maximum atomic E-state index is 14.7. The Balaban J connectivity index is 1.44. The topological polar surface area (TPSA) is 178 Å². The second-order valence-electron chi connectivity index (χ2n) is 14.8. The Morgan fingerprint density at radius 2 is 1.59 bits per heavy atom. The molecule has 4 bridgehead atoms. The standard InChI is InChI=1S/C34H40N2O8/c1-14-18-5-4-6-20(37)23(18)28(39)24-22(14)19(10-21(38)33-11-15-7-16(12-33)9-17(8-15)13-33)26-27(36(2)3)29(40)25(32(35)43)31(42)34(26,44)30(24)41/h4-6,14-17,19,22,26-27,37,40-41,44H,7-13H2,1-3H3,(H2,35,43). The number of nitrogens with zero attached hydrogens (tertiary/aromatic N) is 1. The van der Waals surface area contributed by atoms with Crippen LogP contribution in [0.5, 0.6) is 5.75 Å². The number of carbonyl (C=O) groups excluding carboxylic acids is 4. The average molecular weight is 605 g/mol. The van der Waals surface area contributed by atoms with E-state index < -0.39 is 75.3 Å². The molecule has 1 aromatic carbocycles. The average Bonchev–Trinajstić information content (AvgIpc) is 2.93. The van der Waals surface area contributed by atoms with Gasteiger partial charge in [-0.15, -0.1) is 0 Å². The van der Waals surface area contributed by atoms with Crippen molar-refractivity contribution < 1.29 is 39.6 Å². The number of phenols is 1. The minimum absolute atomic E-state index is 0.0279. The number of aliphatic hydroxyl groups excluding tert-OH is 2. The summed E-state index contributed by atoms with van der Waals surface area (Å²) in [6.07, 6.45) is 5.74. The molecule has 1 aromatic rings. The van der Waals surface area contributed by atoms with Gasteiger partial charge in [-0.1, -0.05) is 19.1 Å². The molecule has 0 heterocycles. The Morgan fingerprint density at radius 1 is 1.00 bits per heavy atom. The van der Waals surface area contributed by atoms with Gasteiger partial charge >= 0.3 is 0 Å². The number of benzene rings is 1. The predicted molar refractivity (Wildman–Crippen MR) is 157 cm³/mol. The molecule has 6 atom stereocenters. The summed E-state index contributed by atoms with van der Waals surface area (Å²) in [5.41, 5.74) is 1.60.